The molecule has 0 aromatic heterocycles. The molecule has 0 unspecified atom stereocenters. The standard InChI is InChI=1S/C9H10O.2C6H6O/c1-2-5-8-6-3-4-7-9(8)10;2*7-6-4-2-1-3-5-6/h2-4,6-7,10H,1,5H2;2*1-5,7H. The van der Waals surface area contributed by atoms with Crippen molar-refractivity contribution < 1.29 is 15.3 Å². The van der Waals surface area contributed by atoms with E-state index in [2.05, 4.69) is 6.58 Å². The third-order valence-corrected chi connectivity index (χ3v) is 2.87. The van der Waals surface area contributed by atoms with Gasteiger partial charge in [-0.3, -0.25) is 0 Å². The van der Waals surface area contributed by atoms with Crippen LogP contribution in [0, 0.1) is 0 Å². The number of aromatic hydroxyl groups is 3. The van der Waals surface area contributed by atoms with Crippen molar-refractivity contribution in [2.75, 3.05) is 0 Å². The monoisotopic (exact) mass is 322 g/mol. The summed E-state index contributed by atoms with van der Waals surface area (Å²) in [5, 5.41) is 26.5. The minimum atomic E-state index is 0.322. The van der Waals surface area contributed by atoms with E-state index in [1.165, 1.54) is 0 Å². The zero-order valence-corrected chi connectivity index (χ0v) is 13.4. The van der Waals surface area contributed by atoms with E-state index in [1.54, 1.807) is 60.7 Å². The van der Waals surface area contributed by atoms with Crippen molar-refractivity contribution in [2.45, 2.75) is 6.42 Å². The first-order valence-electron chi connectivity index (χ1n) is 7.49. The number of rotatable bonds is 2. The van der Waals surface area contributed by atoms with E-state index in [4.69, 9.17) is 10.2 Å². The van der Waals surface area contributed by atoms with Crippen LogP contribution in [0.25, 0.3) is 0 Å². The van der Waals surface area contributed by atoms with Gasteiger partial charge in [-0.1, -0.05) is 60.7 Å². The Morgan fingerprint density at radius 3 is 1.38 bits per heavy atom. The van der Waals surface area contributed by atoms with Gasteiger partial charge < -0.3 is 15.3 Å². The second-order valence-corrected chi connectivity index (χ2v) is 4.79. The molecule has 3 aromatic rings. The molecular formula is C21H22O3. The minimum absolute atomic E-state index is 0.322. The summed E-state index contributed by atoms with van der Waals surface area (Å²) >= 11 is 0. The number of hydrogen-bond donors (Lipinski definition) is 3. The second kappa shape index (κ2) is 11.4. The summed E-state index contributed by atoms with van der Waals surface area (Å²) in [6.07, 6.45) is 2.50. The van der Waals surface area contributed by atoms with Crippen LogP contribution >= 0.6 is 0 Å². The molecule has 0 heterocycles. The minimum Gasteiger partial charge on any atom is -0.508 e. The number of phenols is 3. The van der Waals surface area contributed by atoms with Crippen LogP contribution < -0.4 is 0 Å². The lowest BCUT2D eigenvalue weighted by Crippen LogP contribution is -1.79. The number of hydrogen-bond acceptors (Lipinski definition) is 3. The van der Waals surface area contributed by atoms with Crippen molar-refractivity contribution >= 4 is 0 Å². The molecule has 0 fully saturated rings. The molecule has 0 saturated heterocycles. The van der Waals surface area contributed by atoms with Crippen LogP contribution in [0.5, 0.6) is 17.2 Å². The molecule has 3 heteroatoms. The first-order chi connectivity index (χ1) is 11.6. The van der Waals surface area contributed by atoms with Gasteiger partial charge in [0, 0.05) is 0 Å². The fourth-order valence-corrected chi connectivity index (χ4v) is 1.69. The molecule has 0 aliphatic carbocycles. The molecule has 3 aromatic carbocycles. The van der Waals surface area contributed by atoms with Gasteiger partial charge in [-0.25, -0.2) is 0 Å². The summed E-state index contributed by atoms with van der Waals surface area (Å²) in [7, 11) is 0. The zero-order chi connectivity index (χ0) is 17.6. The Kier molecular flexibility index (Phi) is 8.94. The van der Waals surface area contributed by atoms with Gasteiger partial charge >= 0.3 is 0 Å². The highest BCUT2D eigenvalue weighted by atomic mass is 16.3. The van der Waals surface area contributed by atoms with E-state index < -0.39 is 0 Å². The van der Waals surface area contributed by atoms with Gasteiger partial charge in [0.25, 0.3) is 0 Å². The molecule has 0 amide bonds. The SMILES string of the molecule is C=CCc1ccccc1O.Oc1ccccc1.Oc1ccccc1. The fourth-order valence-electron chi connectivity index (χ4n) is 1.69. The van der Waals surface area contributed by atoms with Gasteiger partial charge in [-0.2, -0.15) is 0 Å². The predicted octanol–water partition coefficient (Wildman–Crippen LogP) is 4.91. The lowest BCUT2D eigenvalue weighted by atomic mass is 10.1. The van der Waals surface area contributed by atoms with Crippen molar-refractivity contribution in [2.24, 2.45) is 0 Å². The topological polar surface area (TPSA) is 60.7 Å². The Morgan fingerprint density at radius 1 is 0.625 bits per heavy atom. The molecule has 0 bridgehead atoms. The highest BCUT2D eigenvalue weighted by molar-refractivity contribution is 5.32. The molecule has 0 spiro atoms. The summed E-state index contributed by atoms with van der Waals surface area (Å²) in [5.41, 5.74) is 0.928. The smallest absolute Gasteiger partial charge is 0.119 e. The number of para-hydroxylation sites is 3. The summed E-state index contributed by atoms with van der Waals surface area (Å²) in [5.74, 6) is 0.993. The Bertz CT molecular complexity index is 657. The largest absolute Gasteiger partial charge is 0.508 e. The number of benzene rings is 3. The molecule has 0 aliphatic rings. The van der Waals surface area contributed by atoms with Gasteiger partial charge in [-0.05, 0) is 42.3 Å². The highest BCUT2D eigenvalue weighted by Crippen LogP contribution is 2.15. The van der Waals surface area contributed by atoms with E-state index in [0.29, 0.717) is 17.2 Å². The van der Waals surface area contributed by atoms with Crippen molar-refractivity contribution in [1.29, 1.82) is 0 Å². The third-order valence-electron chi connectivity index (χ3n) is 2.87. The number of allylic oxidation sites excluding steroid dienone is 1. The molecule has 0 radical (unpaired) electrons. The van der Waals surface area contributed by atoms with E-state index in [0.717, 1.165) is 12.0 Å². The van der Waals surface area contributed by atoms with E-state index in [-0.39, 0.29) is 0 Å². The Hall–Kier alpha value is -3.20. The normalized spacial score (nSPS) is 8.83. The maximum atomic E-state index is 9.19. The molecule has 3 N–H and O–H groups in total. The van der Waals surface area contributed by atoms with Gasteiger partial charge in [0.2, 0.25) is 0 Å². The van der Waals surface area contributed by atoms with Crippen LogP contribution in [-0.4, -0.2) is 15.3 Å². The van der Waals surface area contributed by atoms with Gasteiger partial charge in [0.1, 0.15) is 17.2 Å². The number of phenolic OH excluding ortho intramolecular Hbond substituents is 3. The lowest BCUT2D eigenvalue weighted by molar-refractivity contribution is 0.469. The zero-order valence-electron chi connectivity index (χ0n) is 13.4. The van der Waals surface area contributed by atoms with Crippen LogP contribution in [0.1, 0.15) is 5.56 Å². The Labute approximate surface area is 142 Å². The molecular weight excluding hydrogens is 300 g/mol. The maximum Gasteiger partial charge on any atom is 0.119 e. The van der Waals surface area contributed by atoms with Crippen LogP contribution in [0.2, 0.25) is 0 Å². The van der Waals surface area contributed by atoms with Gasteiger partial charge in [0.05, 0.1) is 0 Å². The summed E-state index contributed by atoms with van der Waals surface area (Å²) < 4.78 is 0. The Balaban J connectivity index is 0.000000185. The molecule has 0 saturated carbocycles. The van der Waals surface area contributed by atoms with Crippen LogP contribution in [0.15, 0.2) is 97.6 Å². The van der Waals surface area contributed by atoms with Crippen LogP contribution in [0.4, 0.5) is 0 Å². The Morgan fingerprint density at radius 2 is 1.04 bits per heavy atom. The second-order valence-electron chi connectivity index (χ2n) is 4.79. The fraction of sp³-hybridized carbons (Fsp3) is 0.0476. The maximum absolute atomic E-state index is 9.19. The van der Waals surface area contributed by atoms with Crippen LogP contribution in [-0.2, 0) is 6.42 Å². The van der Waals surface area contributed by atoms with Crippen molar-refractivity contribution in [3.05, 3.63) is 103 Å². The molecule has 0 aliphatic heterocycles. The molecule has 3 rings (SSSR count). The van der Waals surface area contributed by atoms with E-state index in [9.17, 15) is 5.11 Å². The molecule has 124 valence electrons. The van der Waals surface area contributed by atoms with Crippen LogP contribution in [0.3, 0.4) is 0 Å². The van der Waals surface area contributed by atoms with Crippen molar-refractivity contribution in [3.8, 4) is 17.2 Å². The quantitative estimate of drug-likeness (QED) is 0.588. The molecule has 3 nitrogen and oxygen atoms in total. The first kappa shape index (κ1) is 18.8. The third kappa shape index (κ3) is 8.29. The van der Waals surface area contributed by atoms with E-state index in [1.807, 2.05) is 30.3 Å². The summed E-state index contributed by atoms with van der Waals surface area (Å²) in [6, 6.07) is 24.7. The predicted molar refractivity (Wildman–Crippen MR) is 98.2 cm³/mol. The summed E-state index contributed by atoms with van der Waals surface area (Å²) in [4.78, 5) is 0. The lowest BCUT2D eigenvalue weighted by Gasteiger charge is -1.97. The average Bonchev–Trinajstić information content (AvgIpc) is 2.60. The van der Waals surface area contributed by atoms with Gasteiger partial charge in [0.15, 0.2) is 0 Å². The highest BCUT2D eigenvalue weighted by Gasteiger charge is 1.93. The van der Waals surface area contributed by atoms with Crippen molar-refractivity contribution in [1.82, 2.24) is 0 Å². The molecule has 24 heavy (non-hydrogen) atoms. The summed E-state index contributed by atoms with van der Waals surface area (Å²) in [6.45, 7) is 3.59. The molecule has 0 atom stereocenters. The first-order valence-corrected chi connectivity index (χ1v) is 7.49. The van der Waals surface area contributed by atoms with E-state index >= 15 is 0 Å². The van der Waals surface area contributed by atoms with Crippen molar-refractivity contribution in [3.63, 3.8) is 0 Å². The van der Waals surface area contributed by atoms with Gasteiger partial charge in [-0.15, -0.1) is 6.58 Å². The average molecular weight is 322 g/mol.